The minimum Gasteiger partial charge on any atom is -0.478 e. The van der Waals surface area contributed by atoms with Gasteiger partial charge in [0, 0.05) is 65.5 Å². The molecular formula is C40H38F2N6O3. The summed E-state index contributed by atoms with van der Waals surface area (Å²) in [6, 6.07) is 28.2. The number of carboxylic acids is 1. The predicted molar refractivity (Wildman–Crippen MR) is 195 cm³/mol. The lowest BCUT2D eigenvalue weighted by Gasteiger charge is -2.14. The number of carboxylic acid groups (broad SMARTS) is 1. The van der Waals surface area contributed by atoms with Crippen LogP contribution in [0.25, 0.3) is 23.5 Å². The molecule has 1 amide bonds. The highest BCUT2D eigenvalue weighted by atomic mass is 19.1. The Morgan fingerprint density at radius 1 is 0.725 bits per heavy atom. The minimum atomic E-state index is -1.08. The van der Waals surface area contributed by atoms with E-state index in [2.05, 4.69) is 21.4 Å². The van der Waals surface area contributed by atoms with Gasteiger partial charge in [0.15, 0.2) is 0 Å². The summed E-state index contributed by atoms with van der Waals surface area (Å²) in [6.07, 6.45) is 15.7. The molecule has 0 fully saturated rings. The van der Waals surface area contributed by atoms with Gasteiger partial charge in [-0.3, -0.25) is 4.79 Å². The molecule has 51 heavy (non-hydrogen) atoms. The number of imidazole rings is 2. The largest absolute Gasteiger partial charge is 0.478 e. The van der Waals surface area contributed by atoms with Crippen molar-refractivity contribution in [2.75, 3.05) is 0 Å². The van der Waals surface area contributed by atoms with Gasteiger partial charge in [-0.25, -0.2) is 23.5 Å². The fourth-order valence-electron chi connectivity index (χ4n) is 4.64. The van der Waals surface area contributed by atoms with Gasteiger partial charge < -0.3 is 25.3 Å². The molecule has 2 aromatic heterocycles. The average molecular weight is 689 g/mol. The first-order valence-electron chi connectivity index (χ1n) is 15.9. The van der Waals surface area contributed by atoms with Gasteiger partial charge in [0.25, 0.3) is 0 Å². The van der Waals surface area contributed by atoms with Crippen LogP contribution < -0.4 is 11.1 Å². The molecular weight excluding hydrogens is 650 g/mol. The fraction of sp³-hybridized carbons (Fsp3) is 0.100. The molecule has 6 aromatic rings. The first kappa shape index (κ1) is 37.4. The number of amides is 1. The standard InChI is InChI=1S/C20H18FN3O.C11H13N3.C9H7FO2/c1-15(17-6-4-7-18(13-17)24-12-11-22-14-24)23-20(25)10-9-16-5-2-3-8-19(16)21;1-9(12)10-3-2-4-11(7-10)14-6-5-13-8-14;10-8-4-2-1-3-7(8)5-6-9(11)12/h2-15H,1H3,(H,23,25);2-9H,12H2,1H3;1-6H,(H,11,12)/b10-9+;;6-5+/t15-;9-;/m00./s1. The average Bonchev–Trinajstić information content (AvgIpc) is 3.88. The summed E-state index contributed by atoms with van der Waals surface area (Å²) in [5.74, 6) is -2.13. The van der Waals surface area contributed by atoms with Gasteiger partial charge in [0.1, 0.15) is 11.6 Å². The van der Waals surface area contributed by atoms with Crippen molar-refractivity contribution >= 4 is 24.0 Å². The van der Waals surface area contributed by atoms with E-state index in [0.29, 0.717) is 5.56 Å². The Kier molecular flexibility index (Phi) is 13.9. The van der Waals surface area contributed by atoms with Gasteiger partial charge in [-0.15, -0.1) is 0 Å². The second kappa shape index (κ2) is 18.9. The van der Waals surface area contributed by atoms with Gasteiger partial charge in [-0.05, 0) is 73.5 Å². The number of aromatic nitrogens is 4. The highest BCUT2D eigenvalue weighted by molar-refractivity contribution is 5.92. The SMILES string of the molecule is C[C@H](N)c1cccc(-n2ccnc2)c1.C[C@H](NC(=O)/C=C/c1ccccc1F)c1cccc(-n2ccnc2)c1.O=C(O)/C=C/c1ccccc1F. The van der Waals surface area contributed by atoms with E-state index in [1.807, 2.05) is 77.8 Å². The topological polar surface area (TPSA) is 128 Å². The quantitative estimate of drug-likeness (QED) is 0.134. The number of hydrogen-bond acceptors (Lipinski definition) is 5. The Bertz CT molecular complexity index is 2060. The van der Waals surface area contributed by atoms with Crippen LogP contribution in [0.3, 0.4) is 0 Å². The van der Waals surface area contributed by atoms with E-state index in [1.54, 1.807) is 55.4 Å². The van der Waals surface area contributed by atoms with E-state index >= 15 is 0 Å². The van der Waals surface area contributed by atoms with Crippen LogP contribution in [0.1, 0.15) is 48.2 Å². The molecule has 0 saturated carbocycles. The lowest BCUT2D eigenvalue weighted by atomic mass is 10.1. The van der Waals surface area contributed by atoms with E-state index in [1.165, 1.54) is 36.4 Å². The second-order valence-electron chi connectivity index (χ2n) is 11.2. The highest BCUT2D eigenvalue weighted by Crippen LogP contribution is 2.18. The number of halogens is 2. The Morgan fingerprint density at radius 3 is 1.69 bits per heavy atom. The third-order valence-electron chi connectivity index (χ3n) is 7.36. The van der Waals surface area contributed by atoms with Crippen LogP contribution in [0.4, 0.5) is 8.78 Å². The Hall–Kier alpha value is -6.46. The smallest absolute Gasteiger partial charge is 0.328 e. The van der Waals surface area contributed by atoms with Gasteiger partial charge in [-0.1, -0.05) is 60.7 Å². The van der Waals surface area contributed by atoms with E-state index in [0.717, 1.165) is 28.6 Å². The van der Waals surface area contributed by atoms with Gasteiger partial charge in [-0.2, -0.15) is 0 Å². The van der Waals surface area contributed by atoms with Crippen LogP contribution in [0.15, 0.2) is 147 Å². The third kappa shape index (κ3) is 11.9. The minimum absolute atomic E-state index is 0.0680. The maximum Gasteiger partial charge on any atom is 0.328 e. The van der Waals surface area contributed by atoms with E-state index in [4.69, 9.17) is 10.8 Å². The summed E-state index contributed by atoms with van der Waals surface area (Å²) in [5.41, 5.74) is 10.6. The molecule has 2 heterocycles. The maximum atomic E-state index is 13.6. The molecule has 0 bridgehead atoms. The summed E-state index contributed by atoms with van der Waals surface area (Å²) < 4.78 is 30.2. The Labute approximate surface area is 295 Å². The molecule has 0 aliphatic carbocycles. The van der Waals surface area contributed by atoms with Gasteiger partial charge >= 0.3 is 5.97 Å². The van der Waals surface area contributed by atoms with E-state index < -0.39 is 11.8 Å². The lowest BCUT2D eigenvalue weighted by molar-refractivity contribution is -0.131. The Morgan fingerprint density at radius 2 is 1.22 bits per heavy atom. The maximum absolute atomic E-state index is 13.6. The highest BCUT2D eigenvalue weighted by Gasteiger charge is 2.09. The molecule has 2 atom stereocenters. The number of rotatable bonds is 9. The number of nitrogens with two attached hydrogens (primary N) is 1. The number of carbonyl (C=O) groups is 2. The molecule has 260 valence electrons. The van der Waals surface area contributed by atoms with Crippen LogP contribution in [-0.4, -0.2) is 36.1 Å². The monoisotopic (exact) mass is 688 g/mol. The molecule has 0 saturated heterocycles. The van der Waals surface area contributed by atoms with Crippen LogP contribution >= 0.6 is 0 Å². The van der Waals surface area contributed by atoms with Crippen LogP contribution in [0.2, 0.25) is 0 Å². The van der Waals surface area contributed by atoms with E-state index in [9.17, 15) is 18.4 Å². The number of benzene rings is 4. The van der Waals surface area contributed by atoms with Crippen LogP contribution in [-0.2, 0) is 9.59 Å². The Balaban J connectivity index is 0.000000189. The second-order valence-corrected chi connectivity index (χ2v) is 11.2. The van der Waals surface area contributed by atoms with Crippen molar-refractivity contribution in [3.05, 3.63) is 181 Å². The normalized spacial score (nSPS) is 11.9. The molecule has 0 unspecified atom stereocenters. The third-order valence-corrected chi connectivity index (χ3v) is 7.36. The van der Waals surface area contributed by atoms with E-state index in [-0.39, 0.29) is 29.4 Å². The number of carbonyl (C=O) groups excluding carboxylic acids is 1. The van der Waals surface area contributed by atoms with Crippen molar-refractivity contribution in [1.29, 1.82) is 0 Å². The van der Waals surface area contributed by atoms with Crippen molar-refractivity contribution in [1.82, 2.24) is 24.4 Å². The zero-order valence-corrected chi connectivity index (χ0v) is 28.1. The molecule has 4 aromatic carbocycles. The molecule has 11 heteroatoms. The summed E-state index contributed by atoms with van der Waals surface area (Å²) >= 11 is 0. The summed E-state index contributed by atoms with van der Waals surface area (Å²) in [6.45, 7) is 3.88. The van der Waals surface area contributed by atoms with Crippen LogP contribution in [0, 0.1) is 11.6 Å². The van der Waals surface area contributed by atoms with Crippen molar-refractivity contribution in [2.45, 2.75) is 25.9 Å². The molecule has 6 rings (SSSR count). The van der Waals surface area contributed by atoms with Crippen molar-refractivity contribution in [3.8, 4) is 11.4 Å². The van der Waals surface area contributed by atoms with Crippen molar-refractivity contribution < 1.29 is 23.5 Å². The zero-order valence-electron chi connectivity index (χ0n) is 28.1. The molecule has 0 aliphatic heterocycles. The molecule has 4 N–H and O–H groups in total. The van der Waals surface area contributed by atoms with Crippen LogP contribution in [0.5, 0.6) is 0 Å². The lowest BCUT2D eigenvalue weighted by Crippen LogP contribution is -2.24. The molecule has 0 radical (unpaired) electrons. The van der Waals surface area contributed by atoms with Crippen molar-refractivity contribution in [2.24, 2.45) is 5.73 Å². The fourth-order valence-corrected chi connectivity index (χ4v) is 4.64. The molecule has 0 spiro atoms. The number of aliphatic carboxylic acids is 1. The zero-order chi connectivity index (χ0) is 36.6. The predicted octanol–water partition coefficient (Wildman–Crippen LogP) is 7.72. The van der Waals surface area contributed by atoms with Gasteiger partial charge in [0.05, 0.1) is 18.7 Å². The summed E-state index contributed by atoms with van der Waals surface area (Å²) in [4.78, 5) is 30.2. The summed E-state index contributed by atoms with van der Waals surface area (Å²) in [5, 5.41) is 11.1. The number of hydrogen-bond donors (Lipinski definition) is 3. The first-order chi connectivity index (χ1) is 24.6. The van der Waals surface area contributed by atoms with Crippen molar-refractivity contribution in [3.63, 3.8) is 0 Å². The van der Waals surface area contributed by atoms with Gasteiger partial charge in [0.2, 0.25) is 5.91 Å². The number of nitrogens with zero attached hydrogens (tertiary/aromatic N) is 4. The number of nitrogens with one attached hydrogen (secondary N) is 1. The summed E-state index contributed by atoms with van der Waals surface area (Å²) in [7, 11) is 0. The molecule has 9 nitrogen and oxygen atoms in total. The molecule has 0 aliphatic rings. The first-order valence-corrected chi connectivity index (χ1v) is 15.9.